The van der Waals surface area contributed by atoms with Gasteiger partial charge in [0, 0.05) is 18.8 Å². The summed E-state index contributed by atoms with van der Waals surface area (Å²) in [7, 11) is 0. The zero-order valence-electron chi connectivity index (χ0n) is 13.6. The Hall–Kier alpha value is -2.70. The van der Waals surface area contributed by atoms with Gasteiger partial charge in [0.2, 0.25) is 0 Å². The van der Waals surface area contributed by atoms with E-state index in [1.165, 1.54) is 5.56 Å². The zero-order chi connectivity index (χ0) is 17.2. The van der Waals surface area contributed by atoms with Crippen LogP contribution in [0.2, 0.25) is 0 Å². The lowest BCUT2D eigenvalue weighted by molar-refractivity contribution is 0.264. The fourth-order valence-corrected chi connectivity index (χ4v) is 3.44. The molecule has 0 aliphatic carbocycles. The van der Waals surface area contributed by atoms with Gasteiger partial charge >= 0.3 is 0 Å². The number of hydrogen-bond acceptors (Lipinski definition) is 4. The minimum Gasteiger partial charge on any atom is -0.358 e. The number of H-pyrrole nitrogens is 1. The lowest BCUT2D eigenvalue weighted by atomic mass is 10.1. The van der Waals surface area contributed by atoms with Crippen LogP contribution in [0.1, 0.15) is 11.1 Å². The highest BCUT2D eigenvalue weighted by Crippen LogP contribution is 2.23. The van der Waals surface area contributed by atoms with Gasteiger partial charge in [0.05, 0.1) is 12.2 Å². The topological polar surface area (TPSA) is 53.1 Å². The molecule has 25 heavy (non-hydrogen) atoms. The first kappa shape index (κ1) is 15.8. The van der Waals surface area contributed by atoms with Crippen molar-refractivity contribution >= 4 is 18.0 Å². The molecule has 0 saturated carbocycles. The summed E-state index contributed by atoms with van der Waals surface area (Å²) < 4.78 is 2.30. The van der Waals surface area contributed by atoms with Crippen LogP contribution in [0.4, 0.5) is 5.82 Å². The average Bonchev–Trinajstić information content (AvgIpc) is 2.64. The SMILES string of the molecule is O=c1[nH]c(=S)n(-c2ccccc2)c2c1CN(Cc1ccccc1)CN2. The highest BCUT2D eigenvalue weighted by molar-refractivity contribution is 7.71. The molecule has 0 bridgehead atoms. The van der Waals surface area contributed by atoms with Crippen LogP contribution in [0.3, 0.4) is 0 Å². The van der Waals surface area contributed by atoms with Crippen LogP contribution in [0.15, 0.2) is 65.5 Å². The van der Waals surface area contributed by atoms with E-state index in [4.69, 9.17) is 12.2 Å². The van der Waals surface area contributed by atoms with Crippen molar-refractivity contribution in [3.8, 4) is 5.69 Å². The molecule has 0 amide bonds. The number of nitrogens with zero attached hydrogens (tertiary/aromatic N) is 2. The smallest absolute Gasteiger partial charge is 0.258 e. The first-order chi connectivity index (χ1) is 12.2. The van der Waals surface area contributed by atoms with Crippen LogP contribution in [-0.2, 0) is 13.1 Å². The monoisotopic (exact) mass is 350 g/mol. The standard InChI is InChI=1S/C19H18N4OS/c24-18-16-12-22(11-14-7-3-1-4-8-14)13-20-17(16)23(19(25)21-18)15-9-5-2-6-10-15/h1-10,20H,11-13H2,(H,21,24,25). The number of hydrogen-bond donors (Lipinski definition) is 2. The lowest BCUT2D eigenvalue weighted by Gasteiger charge is -2.31. The molecule has 1 aliphatic heterocycles. The third-order valence-electron chi connectivity index (χ3n) is 4.32. The lowest BCUT2D eigenvalue weighted by Crippen LogP contribution is -2.38. The first-order valence-electron chi connectivity index (χ1n) is 8.16. The molecule has 1 aliphatic rings. The van der Waals surface area contributed by atoms with E-state index in [9.17, 15) is 4.79 Å². The predicted molar refractivity (Wildman–Crippen MR) is 101 cm³/mol. The third-order valence-corrected chi connectivity index (χ3v) is 4.61. The van der Waals surface area contributed by atoms with Crippen LogP contribution in [-0.4, -0.2) is 21.1 Å². The Bertz CT molecular complexity index is 995. The molecule has 6 heteroatoms. The Labute approximate surface area is 150 Å². The quantitative estimate of drug-likeness (QED) is 0.712. The van der Waals surface area contributed by atoms with E-state index in [1.807, 2.05) is 53.1 Å². The van der Waals surface area contributed by atoms with Crippen molar-refractivity contribution in [1.29, 1.82) is 0 Å². The summed E-state index contributed by atoms with van der Waals surface area (Å²) in [6, 6.07) is 20.1. The van der Waals surface area contributed by atoms with Crippen molar-refractivity contribution in [2.75, 3.05) is 12.0 Å². The zero-order valence-corrected chi connectivity index (χ0v) is 14.4. The van der Waals surface area contributed by atoms with Crippen LogP contribution >= 0.6 is 12.2 Å². The van der Waals surface area contributed by atoms with Gasteiger partial charge in [-0.2, -0.15) is 0 Å². The molecule has 0 fully saturated rings. The second-order valence-corrected chi connectivity index (χ2v) is 6.45. The minimum absolute atomic E-state index is 0.127. The van der Waals surface area contributed by atoms with Crippen LogP contribution in [0.25, 0.3) is 5.69 Å². The van der Waals surface area contributed by atoms with E-state index >= 15 is 0 Å². The summed E-state index contributed by atoms with van der Waals surface area (Å²) in [4.78, 5) is 17.5. The molecule has 2 N–H and O–H groups in total. The first-order valence-corrected chi connectivity index (χ1v) is 8.57. The normalized spacial score (nSPS) is 13.9. The molecule has 0 saturated heterocycles. The van der Waals surface area contributed by atoms with Gasteiger partial charge in [-0.15, -0.1) is 0 Å². The van der Waals surface area contributed by atoms with Crippen molar-refractivity contribution < 1.29 is 0 Å². The number of aromatic nitrogens is 2. The molecule has 2 heterocycles. The van der Waals surface area contributed by atoms with Crippen LogP contribution in [0.5, 0.6) is 0 Å². The maximum Gasteiger partial charge on any atom is 0.258 e. The van der Waals surface area contributed by atoms with Crippen molar-refractivity contribution in [3.63, 3.8) is 0 Å². The second-order valence-electron chi connectivity index (χ2n) is 6.06. The molecule has 0 atom stereocenters. The molecule has 0 spiro atoms. The van der Waals surface area contributed by atoms with Gasteiger partial charge in [0.15, 0.2) is 4.77 Å². The van der Waals surface area contributed by atoms with Crippen molar-refractivity contribution in [1.82, 2.24) is 14.5 Å². The average molecular weight is 350 g/mol. The third kappa shape index (κ3) is 3.14. The number of rotatable bonds is 3. The Kier molecular flexibility index (Phi) is 4.21. The molecule has 4 rings (SSSR count). The van der Waals surface area contributed by atoms with Crippen LogP contribution in [0, 0.1) is 4.77 Å². The molecular formula is C19H18N4OS. The molecule has 1 aromatic heterocycles. The summed E-state index contributed by atoms with van der Waals surface area (Å²) in [5, 5.41) is 3.38. The van der Waals surface area contributed by atoms with Gasteiger partial charge in [0.25, 0.3) is 5.56 Å². The Morgan fingerprint density at radius 1 is 1.00 bits per heavy atom. The number of aromatic amines is 1. The van der Waals surface area contributed by atoms with E-state index in [1.54, 1.807) is 0 Å². The van der Waals surface area contributed by atoms with Gasteiger partial charge in [-0.05, 0) is 29.9 Å². The van der Waals surface area contributed by atoms with E-state index in [2.05, 4.69) is 27.3 Å². The van der Waals surface area contributed by atoms with E-state index < -0.39 is 0 Å². The molecule has 0 unspecified atom stereocenters. The molecule has 126 valence electrons. The maximum absolute atomic E-state index is 12.5. The minimum atomic E-state index is -0.127. The van der Waals surface area contributed by atoms with Gasteiger partial charge in [0.1, 0.15) is 5.82 Å². The van der Waals surface area contributed by atoms with E-state index in [-0.39, 0.29) is 5.56 Å². The van der Waals surface area contributed by atoms with Crippen molar-refractivity contribution in [2.24, 2.45) is 0 Å². The summed E-state index contributed by atoms with van der Waals surface area (Å²) in [6.45, 7) is 2.02. The molecule has 3 aromatic rings. The van der Waals surface area contributed by atoms with Crippen LogP contribution < -0.4 is 10.9 Å². The number of benzene rings is 2. The summed E-state index contributed by atoms with van der Waals surface area (Å²) >= 11 is 5.40. The van der Waals surface area contributed by atoms with Gasteiger partial charge < -0.3 is 5.32 Å². The van der Waals surface area contributed by atoms with E-state index in [0.29, 0.717) is 23.5 Å². The molecular weight excluding hydrogens is 332 g/mol. The van der Waals surface area contributed by atoms with Gasteiger partial charge in [-0.1, -0.05) is 48.5 Å². The number of nitrogens with one attached hydrogen (secondary N) is 2. The fraction of sp³-hybridized carbons (Fsp3) is 0.158. The highest BCUT2D eigenvalue weighted by atomic mass is 32.1. The summed E-state index contributed by atoms with van der Waals surface area (Å²) in [5.41, 5.74) is 2.74. The largest absolute Gasteiger partial charge is 0.358 e. The summed E-state index contributed by atoms with van der Waals surface area (Å²) in [5.74, 6) is 0.782. The summed E-state index contributed by atoms with van der Waals surface area (Å²) in [6.07, 6.45) is 0. The Morgan fingerprint density at radius 3 is 2.40 bits per heavy atom. The Morgan fingerprint density at radius 2 is 1.68 bits per heavy atom. The highest BCUT2D eigenvalue weighted by Gasteiger charge is 2.22. The number of fused-ring (bicyclic) bond motifs is 1. The Balaban J connectivity index is 1.71. The molecule has 2 aromatic carbocycles. The van der Waals surface area contributed by atoms with E-state index in [0.717, 1.165) is 18.1 Å². The van der Waals surface area contributed by atoms with Gasteiger partial charge in [-0.25, -0.2) is 0 Å². The number of anilines is 1. The fourth-order valence-electron chi connectivity index (χ4n) is 3.15. The molecule has 0 radical (unpaired) electrons. The predicted octanol–water partition coefficient (Wildman–Crippen LogP) is 3.28. The molecule has 5 nitrogen and oxygen atoms in total. The number of para-hydroxylation sites is 1. The second kappa shape index (κ2) is 6.66. The van der Waals surface area contributed by atoms with Crippen molar-refractivity contribution in [2.45, 2.75) is 13.1 Å². The van der Waals surface area contributed by atoms with Crippen molar-refractivity contribution in [3.05, 3.63) is 86.9 Å². The maximum atomic E-state index is 12.5. The van der Waals surface area contributed by atoms with Gasteiger partial charge in [-0.3, -0.25) is 19.2 Å².